The Hall–Kier alpha value is -3.32. The van der Waals surface area contributed by atoms with Crippen molar-refractivity contribution >= 4 is 29.3 Å². The Morgan fingerprint density at radius 2 is 1.61 bits per heavy atom. The Kier molecular flexibility index (Phi) is 4.70. The van der Waals surface area contributed by atoms with E-state index in [1.54, 1.807) is 48.5 Å². The molecule has 0 spiro atoms. The van der Waals surface area contributed by atoms with E-state index in [0.717, 1.165) is 19.4 Å². The van der Waals surface area contributed by atoms with E-state index in [1.807, 2.05) is 6.07 Å². The zero-order valence-corrected chi connectivity index (χ0v) is 17.1. The van der Waals surface area contributed by atoms with Crippen LogP contribution >= 0.6 is 0 Å². The highest BCUT2D eigenvalue weighted by Gasteiger charge is 2.64. The first-order valence-electron chi connectivity index (χ1n) is 10.5. The van der Waals surface area contributed by atoms with Gasteiger partial charge in [0.2, 0.25) is 11.8 Å². The van der Waals surface area contributed by atoms with Crippen LogP contribution in [0.4, 0.5) is 5.69 Å². The molecule has 3 aliphatic heterocycles. The maximum Gasteiger partial charge on any atom is 0.308 e. The van der Waals surface area contributed by atoms with Crippen LogP contribution in [0.3, 0.4) is 0 Å². The zero-order valence-electron chi connectivity index (χ0n) is 17.1. The van der Waals surface area contributed by atoms with E-state index in [2.05, 4.69) is 4.90 Å². The molecular weight excluding hydrogens is 396 g/mol. The molecule has 0 radical (unpaired) electrons. The maximum absolute atomic E-state index is 13.5. The number of carbonyl (C=O) groups is 4. The lowest BCUT2D eigenvalue weighted by molar-refractivity contribution is -0.132. The minimum Gasteiger partial charge on any atom is -0.427 e. The first kappa shape index (κ1) is 19.6. The van der Waals surface area contributed by atoms with Crippen LogP contribution in [0.1, 0.15) is 30.1 Å². The molecule has 31 heavy (non-hydrogen) atoms. The van der Waals surface area contributed by atoms with Gasteiger partial charge in [-0.15, -0.1) is 0 Å². The van der Waals surface area contributed by atoms with Crippen LogP contribution in [0.15, 0.2) is 54.6 Å². The summed E-state index contributed by atoms with van der Waals surface area (Å²) in [4.78, 5) is 54.7. The molecule has 3 aliphatic rings. The number of amides is 2. The van der Waals surface area contributed by atoms with Gasteiger partial charge in [-0.25, -0.2) is 4.90 Å². The lowest BCUT2D eigenvalue weighted by Gasteiger charge is -2.27. The molecule has 2 amide bonds. The molecule has 0 aromatic heterocycles. The molecule has 2 aromatic carbocycles. The van der Waals surface area contributed by atoms with Crippen molar-refractivity contribution in [2.75, 3.05) is 11.4 Å². The van der Waals surface area contributed by atoms with E-state index in [-0.39, 0.29) is 23.6 Å². The molecular formula is C24H22N2O5. The van der Waals surface area contributed by atoms with Gasteiger partial charge in [0.25, 0.3) is 0 Å². The summed E-state index contributed by atoms with van der Waals surface area (Å²) < 4.78 is 5.04. The Morgan fingerprint density at radius 1 is 0.935 bits per heavy atom. The van der Waals surface area contributed by atoms with Crippen LogP contribution in [-0.4, -0.2) is 47.1 Å². The third-order valence-corrected chi connectivity index (χ3v) is 6.54. The van der Waals surface area contributed by atoms with Crippen molar-refractivity contribution in [2.24, 2.45) is 11.8 Å². The zero-order chi connectivity index (χ0) is 21.7. The fourth-order valence-corrected chi connectivity index (χ4v) is 5.37. The number of rotatable bonds is 4. The average Bonchev–Trinajstić information content (AvgIpc) is 3.41. The summed E-state index contributed by atoms with van der Waals surface area (Å²) in [5, 5.41) is 0. The number of Topliss-reactive ketones (excluding diaryl/α,β-unsaturated/α-hetero) is 1. The Labute approximate surface area is 179 Å². The summed E-state index contributed by atoms with van der Waals surface area (Å²) in [5.41, 5.74) is 0.985. The molecule has 3 fully saturated rings. The SMILES string of the molecule is CC(=O)Oc1ccc(N2C(=O)[C@@H]3[C@H](C2=O)[C@@H]2CCCN2[C@@H]3C(=O)c2ccccc2)cc1. The second-order valence-corrected chi connectivity index (χ2v) is 8.27. The van der Waals surface area contributed by atoms with Crippen molar-refractivity contribution in [3.63, 3.8) is 0 Å². The molecule has 3 heterocycles. The van der Waals surface area contributed by atoms with E-state index in [4.69, 9.17) is 4.74 Å². The fraction of sp³-hybridized carbons (Fsp3) is 0.333. The topological polar surface area (TPSA) is 84.0 Å². The number of nitrogens with zero attached hydrogens (tertiary/aromatic N) is 2. The molecule has 0 bridgehead atoms. The van der Waals surface area contributed by atoms with Gasteiger partial charge in [-0.3, -0.25) is 24.1 Å². The summed E-state index contributed by atoms with van der Waals surface area (Å²) in [6, 6.07) is 14.6. The predicted molar refractivity (Wildman–Crippen MR) is 112 cm³/mol. The van der Waals surface area contributed by atoms with Crippen LogP contribution in [-0.2, 0) is 14.4 Å². The van der Waals surface area contributed by atoms with E-state index in [0.29, 0.717) is 17.0 Å². The van der Waals surface area contributed by atoms with E-state index in [1.165, 1.54) is 11.8 Å². The number of anilines is 1. The number of fused-ring (bicyclic) bond motifs is 3. The monoisotopic (exact) mass is 418 g/mol. The molecule has 3 saturated heterocycles. The third kappa shape index (κ3) is 3.08. The molecule has 0 saturated carbocycles. The van der Waals surface area contributed by atoms with Gasteiger partial charge in [-0.2, -0.15) is 0 Å². The van der Waals surface area contributed by atoms with Gasteiger partial charge in [0.1, 0.15) is 5.75 Å². The van der Waals surface area contributed by atoms with E-state index < -0.39 is 23.8 Å². The molecule has 158 valence electrons. The lowest BCUT2D eigenvalue weighted by Crippen LogP contribution is -2.46. The summed E-state index contributed by atoms with van der Waals surface area (Å²) >= 11 is 0. The van der Waals surface area contributed by atoms with Gasteiger partial charge in [0.15, 0.2) is 5.78 Å². The van der Waals surface area contributed by atoms with Crippen LogP contribution in [0.25, 0.3) is 0 Å². The van der Waals surface area contributed by atoms with Gasteiger partial charge in [-0.05, 0) is 43.7 Å². The molecule has 4 atom stereocenters. The minimum atomic E-state index is -0.682. The molecule has 0 unspecified atom stereocenters. The standard InChI is InChI=1S/C24H22N2O5/c1-14(27)31-17-11-9-16(10-12-17)26-23(29)19-18-8-5-13-25(18)21(20(19)24(26)30)22(28)15-6-3-2-4-7-15/h2-4,6-7,9-12,18-21H,5,8,13H2,1H3/t18-,19+,20+,21-/m0/s1. The minimum absolute atomic E-state index is 0.0931. The average molecular weight is 418 g/mol. The van der Waals surface area contributed by atoms with Gasteiger partial charge in [-0.1, -0.05) is 30.3 Å². The van der Waals surface area contributed by atoms with Crippen molar-refractivity contribution in [3.05, 3.63) is 60.2 Å². The third-order valence-electron chi connectivity index (χ3n) is 6.54. The number of imide groups is 1. The van der Waals surface area contributed by atoms with Gasteiger partial charge >= 0.3 is 5.97 Å². The number of carbonyl (C=O) groups excluding carboxylic acids is 4. The van der Waals surface area contributed by atoms with Crippen LogP contribution < -0.4 is 9.64 Å². The molecule has 7 nitrogen and oxygen atoms in total. The maximum atomic E-state index is 13.5. The molecule has 0 aliphatic carbocycles. The molecule has 2 aromatic rings. The smallest absolute Gasteiger partial charge is 0.308 e. The number of benzene rings is 2. The van der Waals surface area contributed by atoms with Gasteiger partial charge in [0.05, 0.1) is 23.6 Å². The summed E-state index contributed by atoms with van der Waals surface area (Å²) in [6.45, 7) is 2.03. The van der Waals surface area contributed by atoms with Crippen LogP contribution in [0, 0.1) is 11.8 Å². The first-order chi connectivity index (χ1) is 15.0. The highest BCUT2D eigenvalue weighted by Crippen LogP contribution is 2.48. The summed E-state index contributed by atoms with van der Waals surface area (Å²) in [5.74, 6) is -1.99. The van der Waals surface area contributed by atoms with Crippen molar-refractivity contribution in [1.29, 1.82) is 0 Å². The van der Waals surface area contributed by atoms with Crippen molar-refractivity contribution in [1.82, 2.24) is 4.90 Å². The Balaban J connectivity index is 1.49. The lowest BCUT2D eigenvalue weighted by atomic mass is 9.85. The molecule has 5 rings (SSSR count). The largest absolute Gasteiger partial charge is 0.427 e. The van der Waals surface area contributed by atoms with Crippen molar-refractivity contribution in [2.45, 2.75) is 31.8 Å². The molecule has 7 heteroatoms. The quantitative estimate of drug-likeness (QED) is 0.328. The van der Waals surface area contributed by atoms with Gasteiger partial charge in [0, 0.05) is 18.5 Å². The van der Waals surface area contributed by atoms with Crippen molar-refractivity contribution < 1.29 is 23.9 Å². The number of ether oxygens (including phenoxy) is 1. The Bertz CT molecular complexity index is 1070. The van der Waals surface area contributed by atoms with Gasteiger partial charge < -0.3 is 4.74 Å². The van der Waals surface area contributed by atoms with Crippen molar-refractivity contribution in [3.8, 4) is 5.75 Å². The van der Waals surface area contributed by atoms with Crippen LogP contribution in [0.5, 0.6) is 5.75 Å². The number of esters is 1. The molecule has 0 N–H and O–H groups in total. The summed E-state index contributed by atoms with van der Waals surface area (Å²) in [7, 11) is 0. The number of hydrogen-bond donors (Lipinski definition) is 0. The number of hydrogen-bond acceptors (Lipinski definition) is 6. The van der Waals surface area contributed by atoms with Crippen LogP contribution in [0.2, 0.25) is 0 Å². The second kappa shape index (κ2) is 7.42. The second-order valence-electron chi connectivity index (χ2n) is 8.27. The number of ketones is 1. The Morgan fingerprint density at radius 3 is 2.29 bits per heavy atom. The highest BCUT2D eigenvalue weighted by atomic mass is 16.5. The summed E-state index contributed by atoms with van der Waals surface area (Å²) in [6.07, 6.45) is 1.71. The fourth-order valence-electron chi connectivity index (χ4n) is 5.37. The van der Waals surface area contributed by atoms with E-state index in [9.17, 15) is 19.2 Å². The predicted octanol–water partition coefficient (Wildman–Crippen LogP) is 2.45. The van der Waals surface area contributed by atoms with E-state index >= 15 is 0 Å². The first-order valence-corrected chi connectivity index (χ1v) is 10.5. The normalized spacial score (nSPS) is 27.3. The highest BCUT2D eigenvalue weighted by molar-refractivity contribution is 6.24.